The summed E-state index contributed by atoms with van der Waals surface area (Å²) in [6.07, 6.45) is 1.88. The van der Waals surface area contributed by atoms with Crippen LogP contribution >= 0.6 is 11.8 Å². The van der Waals surface area contributed by atoms with Gasteiger partial charge >= 0.3 is 5.97 Å². The van der Waals surface area contributed by atoms with Crippen LogP contribution < -0.4 is 0 Å². The van der Waals surface area contributed by atoms with Gasteiger partial charge in [0.25, 0.3) is 5.60 Å². The van der Waals surface area contributed by atoms with Gasteiger partial charge in [-0.3, -0.25) is 10.1 Å². The van der Waals surface area contributed by atoms with E-state index in [1.54, 1.807) is 19.1 Å². The molecule has 1 atom stereocenters. The summed E-state index contributed by atoms with van der Waals surface area (Å²) in [7, 11) is 0. The predicted octanol–water partition coefficient (Wildman–Crippen LogP) is 1.44. The van der Waals surface area contributed by atoms with Gasteiger partial charge in [0.1, 0.15) is 0 Å². The number of ether oxygens (including phenoxy) is 1. The summed E-state index contributed by atoms with van der Waals surface area (Å²) in [6.45, 7) is 0.688. The molecule has 1 aromatic carbocycles. The highest BCUT2D eigenvalue weighted by atomic mass is 32.2. The van der Waals surface area contributed by atoms with Gasteiger partial charge in [-0.05, 0) is 25.3 Å². The van der Waals surface area contributed by atoms with E-state index in [9.17, 15) is 20.0 Å². The van der Waals surface area contributed by atoms with Crippen molar-refractivity contribution in [1.82, 2.24) is 0 Å². The number of aliphatic hydroxyl groups is 1. The molecule has 0 saturated heterocycles. The van der Waals surface area contributed by atoms with Crippen LogP contribution in [0.1, 0.15) is 12.5 Å². The predicted molar refractivity (Wildman–Crippen MR) is 70.6 cm³/mol. The topological polar surface area (TPSA) is 89.7 Å². The van der Waals surface area contributed by atoms with Crippen LogP contribution in [-0.4, -0.2) is 35.4 Å². The van der Waals surface area contributed by atoms with Gasteiger partial charge in [-0.25, -0.2) is 4.79 Å². The number of nitro groups is 1. The van der Waals surface area contributed by atoms with E-state index in [4.69, 9.17) is 4.74 Å². The van der Waals surface area contributed by atoms with Gasteiger partial charge in [0.05, 0.1) is 6.61 Å². The summed E-state index contributed by atoms with van der Waals surface area (Å²) >= 11 is 1.49. The molecule has 6 nitrogen and oxygen atoms in total. The van der Waals surface area contributed by atoms with Crippen molar-refractivity contribution < 1.29 is 19.6 Å². The third-order valence-electron chi connectivity index (χ3n) is 2.54. The largest absolute Gasteiger partial charge is 0.463 e. The van der Waals surface area contributed by atoms with Gasteiger partial charge in [-0.2, -0.15) is 0 Å². The second-order valence-electron chi connectivity index (χ2n) is 3.80. The number of benzene rings is 1. The molecule has 19 heavy (non-hydrogen) atoms. The Balaban J connectivity index is 3.13. The number of hydrogen-bond donors (Lipinski definition) is 1. The second-order valence-corrected chi connectivity index (χ2v) is 4.68. The van der Waals surface area contributed by atoms with Crippen LogP contribution in [0.15, 0.2) is 29.2 Å². The van der Waals surface area contributed by atoms with E-state index >= 15 is 0 Å². The Morgan fingerprint density at radius 3 is 2.47 bits per heavy atom. The number of carbonyl (C=O) groups is 1. The number of rotatable bonds is 6. The van der Waals surface area contributed by atoms with Crippen LogP contribution in [0.2, 0.25) is 0 Å². The molecule has 0 aromatic heterocycles. The lowest BCUT2D eigenvalue weighted by atomic mass is 9.94. The average Bonchev–Trinajstić information content (AvgIpc) is 2.38. The van der Waals surface area contributed by atoms with Crippen molar-refractivity contribution in [2.45, 2.75) is 17.4 Å². The third kappa shape index (κ3) is 3.68. The Kier molecular flexibility index (Phi) is 5.31. The molecule has 1 N–H and O–H groups in total. The van der Waals surface area contributed by atoms with Gasteiger partial charge < -0.3 is 9.84 Å². The highest BCUT2D eigenvalue weighted by Gasteiger charge is 2.45. The van der Waals surface area contributed by atoms with Gasteiger partial charge in [0.2, 0.25) is 6.54 Å². The molecule has 1 aromatic rings. The van der Waals surface area contributed by atoms with Gasteiger partial charge in [0.15, 0.2) is 0 Å². The van der Waals surface area contributed by atoms with E-state index in [1.165, 1.54) is 23.9 Å². The smallest absolute Gasteiger partial charge is 0.349 e. The third-order valence-corrected chi connectivity index (χ3v) is 3.28. The lowest BCUT2D eigenvalue weighted by Gasteiger charge is -2.22. The zero-order chi connectivity index (χ0) is 14.5. The van der Waals surface area contributed by atoms with E-state index in [2.05, 4.69) is 0 Å². The first-order valence-electron chi connectivity index (χ1n) is 5.60. The zero-order valence-corrected chi connectivity index (χ0v) is 11.5. The first-order valence-corrected chi connectivity index (χ1v) is 6.82. The number of nitrogens with zero attached hydrogens (tertiary/aromatic N) is 1. The van der Waals surface area contributed by atoms with Crippen molar-refractivity contribution in [2.24, 2.45) is 0 Å². The summed E-state index contributed by atoms with van der Waals surface area (Å²) < 4.78 is 4.72. The van der Waals surface area contributed by atoms with Crippen molar-refractivity contribution in [3.05, 3.63) is 39.9 Å². The quantitative estimate of drug-likeness (QED) is 0.368. The molecule has 7 heteroatoms. The molecule has 0 amide bonds. The fraction of sp³-hybridized carbons (Fsp3) is 0.417. The Hall–Kier alpha value is -1.60. The first-order chi connectivity index (χ1) is 8.93. The summed E-state index contributed by atoms with van der Waals surface area (Å²) in [5.41, 5.74) is -2.10. The molecule has 104 valence electrons. The van der Waals surface area contributed by atoms with Crippen LogP contribution in [0.25, 0.3) is 0 Å². The van der Waals surface area contributed by atoms with Crippen LogP contribution in [0, 0.1) is 10.1 Å². The standard InChI is InChI=1S/C12H15NO5S/c1-3-18-11(14)12(15,8-13(16)17)9-4-6-10(19-2)7-5-9/h4-7,15H,3,8H2,1-2H3/t12-/m0/s1. The Labute approximate surface area is 114 Å². The average molecular weight is 285 g/mol. The molecule has 0 aliphatic heterocycles. The van der Waals surface area contributed by atoms with Crippen molar-refractivity contribution in [1.29, 1.82) is 0 Å². The van der Waals surface area contributed by atoms with E-state index in [1.807, 2.05) is 6.26 Å². The molecule has 0 unspecified atom stereocenters. The van der Waals surface area contributed by atoms with Crippen molar-refractivity contribution in [3.63, 3.8) is 0 Å². The molecule has 0 saturated carbocycles. The van der Waals surface area contributed by atoms with Gasteiger partial charge in [-0.15, -0.1) is 11.8 Å². The van der Waals surface area contributed by atoms with Crippen molar-refractivity contribution >= 4 is 17.7 Å². The van der Waals surface area contributed by atoms with Gasteiger partial charge in [-0.1, -0.05) is 12.1 Å². The normalized spacial score (nSPS) is 13.6. The highest BCUT2D eigenvalue weighted by Crippen LogP contribution is 2.26. The maximum Gasteiger partial charge on any atom is 0.349 e. The molecule has 0 bridgehead atoms. The summed E-state index contributed by atoms with van der Waals surface area (Å²) in [5.74, 6) is -1.01. The first kappa shape index (κ1) is 15.5. The Bertz CT molecular complexity index is 462. The molecule has 0 heterocycles. The molecular weight excluding hydrogens is 270 g/mol. The minimum atomic E-state index is -2.25. The van der Waals surface area contributed by atoms with Crippen molar-refractivity contribution in [2.75, 3.05) is 19.4 Å². The highest BCUT2D eigenvalue weighted by molar-refractivity contribution is 7.98. The maximum atomic E-state index is 11.8. The zero-order valence-electron chi connectivity index (χ0n) is 10.7. The van der Waals surface area contributed by atoms with Crippen LogP contribution in [0.3, 0.4) is 0 Å². The molecule has 0 fully saturated rings. The van der Waals surface area contributed by atoms with Crippen molar-refractivity contribution in [3.8, 4) is 0 Å². The van der Waals surface area contributed by atoms with Crippen LogP contribution in [-0.2, 0) is 15.1 Å². The number of esters is 1. The molecule has 0 aliphatic carbocycles. The number of hydrogen-bond acceptors (Lipinski definition) is 6. The Morgan fingerprint density at radius 2 is 2.05 bits per heavy atom. The fourth-order valence-electron chi connectivity index (χ4n) is 1.58. The summed E-state index contributed by atoms with van der Waals surface area (Å²) in [4.78, 5) is 22.6. The van der Waals surface area contributed by atoms with Crippen LogP contribution in [0.4, 0.5) is 0 Å². The summed E-state index contributed by atoms with van der Waals surface area (Å²) in [5, 5.41) is 20.9. The number of thioether (sulfide) groups is 1. The van der Waals surface area contributed by atoms with E-state index < -0.39 is 23.0 Å². The monoisotopic (exact) mass is 285 g/mol. The molecule has 1 rings (SSSR count). The minimum absolute atomic E-state index is 0.0434. The van der Waals surface area contributed by atoms with E-state index in [0.717, 1.165) is 4.90 Å². The lowest BCUT2D eigenvalue weighted by Crippen LogP contribution is -2.43. The maximum absolute atomic E-state index is 11.8. The fourth-order valence-corrected chi connectivity index (χ4v) is 1.99. The van der Waals surface area contributed by atoms with E-state index in [-0.39, 0.29) is 12.2 Å². The Morgan fingerprint density at radius 1 is 1.47 bits per heavy atom. The lowest BCUT2D eigenvalue weighted by molar-refractivity contribution is -0.499. The van der Waals surface area contributed by atoms with Crippen LogP contribution in [0.5, 0.6) is 0 Å². The summed E-state index contributed by atoms with van der Waals surface area (Å²) in [6, 6.07) is 6.35. The second kappa shape index (κ2) is 6.53. The SMILES string of the molecule is CCOC(=O)[C@](O)(C[N+](=O)[O-])c1ccc(SC)cc1. The van der Waals surface area contributed by atoms with E-state index in [0.29, 0.717) is 0 Å². The minimum Gasteiger partial charge on any atom is -0.463 e. The number of carbonyl (C=O) groups excluding carboxylic acids is 1. The molecular formula is C12H15NO5S. The molecule has 0 aliphatic rings. The van der Waals surface area contributed by atoms with Gasteiger partial charge in [0, 0.05) is 15.4 Å². The molecule has 0 spiro atoms. The molecule has 0 radical (unpaired) electrons.